The molecule has 0 aliphatic carbocycles. The average Bonchev–Trinajstić information content (AvgIpc) is 2.23. The molecule has 0 unspecified atom stereocenters. The summed E-state index contributed by atoms with van der Waals surface area (Å²) in [7, 11) is 2.64. The molecule has 6 heteroatoms. The van der Waals surface area contributed by atoms with Crippen molar-refractivity contribution >= 4 is 40.8 Å². The van der Waals surface area contributed by atoms with E-state index in [0.29, 0.717) is 0 Å². The fourth-order valence-electron chi connectivity index (χ4n) is 1.02. The van der Waals surface area contributed by atoms with Gasteiger partial charge in [-0.25, -0.2) is 4.79 Å². The van der Waals surface area contributed by atoms with Gasteiger partial charge in [-0.1, -0.05) is 34.8 Å². The Bertz CT molecular complexity index is 404. The summed E-state index contributed by atoms with van der Waals surface area (Å²) < 4.78 is 9.44. The van der Waals surface area contributed by atoms with Gasteiger partial charge in [0.05, 0.1) is 29.8 Å². The molecule has 15 heavy (non-hydrogen) atoms. The minimum Gasteiger partial charge on any atom is -0.494 e. The van der Waals surface area contributed by atoms with Crippen LogP contribution >= 0.6 is 34.8 Å². The van der Waals surface area contributed by atoms with Crippen molar-refractivity contribution in [3.8, 4) is 5.75 Å². The molecule has 0 spiro atoms. The van der Waals surface area contributed by atoms with Crippen LogP contribution in [-0.2, 0) is 4.74 Å². The zero-order valence-electron chi connectivity index (χ0n) is 7.94. The van der Waals surface area contributed by atoms with E-state index in [1.165, 1.54) is 20.3 Å². The van der Waals surface area contributed by atoms with E-state index in [2.05, 4.69) is 4.74 Å². The van der Waals surface area contributed by atoms with Gasteiger partial charge in [0.15, 0.2) is 5.75 Å². The van der Waals surface area contributed by atoms with Crippen molar-refractivity contribution in [2.24, 2.45) is 0 Å². The molecular weight excluding hydrogens is 262 g/mol. The van der Waals surface area contributed by atoms with Crippen LogP contribution in [0.2, 0.25) is 15.1 Å². The van der Waals surface area contributed by atoms with Crippen molar-refractivity contribution in [3.05, 3.63) is 26.7 Å². The molecule has 0 heterocycles. The lowest BCUT2D eigenvalue weighted by Crippen LogP contribution is -2.03. The molecule has 0 fully saturated rings. The molecule has 0 aliphatic rings. The zero-order valence-corrected chi connectivity index (χ0v) is 10.2. The molecule has 0 aliphatic heterocycles. The van der Waals surface area contributed by atoms with Gasteiger partial charge < -0.3 is 9.47 Å². The van der Waals surface area contributed by atoms with Crippen LogP contribution in [0, 0.1) is 0 Å². The third kappa shape index (κ3) is 2.30. The predicted octanol–water partition coefficient (Wildman–Crippen LogP) is 3.44. The molecule has 0 saturated carbocycles. The largest absolute Gasteiger partial charge is 0.494 e. The van der Waals surface area contributed by atoms with Gasteiger partial charge in [0.1, 0.15) is 5.02 Å². The van der Waals surface area contributed by atoms with Crippen molar-refractivity contribution < 1.29 is 14.3 Å². The standard InChI is InChI=1S/C9H7Cl3O3/c1-14-8-5(10)3-4(9(13)15-2)6(11)7(8)12/h3H,1-2H3. The Morgan fingerprint density at radius 2 is 1.80 bits per heavy atom. The molecule has 82 valence electrons. The van der Waals surface area contributed by atoms with E-state index in [1.807, 2.05) is 0 Å². The summed E-state index contributed by atoms with van der Waals surface area (Å²) in [6, 6.07) is 1.35. The molecule has 3 nitrogen and oxygen atoms in total. The Balaban J connectivity index is 3.40. The third-order valence-electron chi connectivity index (χ3n) is 1.73. The van der Waals surface area contributed by atoms with Crippen LogP contribution in [0.4, 0.5) is 0 Å². The second kappa shape index (κ2) is 4.92. The van der Waals surface area contributed by atoms with Crippen LogP contribution in [0.1, 0.15) is 10.4 Å². The quantitative estimate of drug-likeness (QED) is 0.609. The lowest BCUT2D eigenvalue weighted by atomic mass is 10.2. The number of halogens is 3. The summed E-state index contributed by atoms with van der Waals surface area (Å²) in [5, 5.41) is 0.351. The van der Waals surface area contributed by atoms with E-state index in [0.717, 1.165) is 0 Å². The van der Waals surface area contributed by atoms with Gasteiger partial charge in [-0.05, 0) is 6.07 Å². The first-order chi connectivity index (χ1) is 7.02. The van der Waals surface area contributed by atoms with Crippen LogP contribution in [0.15, 0.2) is 6.07 Å². The van der Waals surface area contributed by atoms with Crippen LogP contribution in [-0.4, -0.2) is 20.2 Å². The average molecular weight is 270 g/mol. The smallest absolute Gasteiger partial charge is 0.339 e. The number of rotatable bonds is 2. The van der Waals surface area contributed by atoms with Crippen LogP contribution in [0.25, 0.3) is 0 Å². The zero-order chi connectivity index (χ0) is 11.6. The van der Waals surface area contributed by atoms with Gasteiger partial charge in [-0.3, -0.25) is 0 Å². The monoisotopic (exact) mass is 268 g/mol. The Labute approximate surface area is 102 Å². The third-order valence-corrected chi connectivity index (χ3v) is 2.86. The number of esters is 1. The molecule has 1 aromatic carbocycles. The Morgan fingerprint density at radius 3 is 2.27 bits per heavy atom. The topological polar surface area (TPSA) is 35.5 Å². The van der Waals surface area contributed by atoms with Gasteiger partial charge in [-0.2, -0.15) is 0 Å². The van der Waals surface area contributed by atoms with E-state index >= 15 is 0 Å². The molecule has 0 bridgehead atoms. The highest BCUT2D eigenvalue weighted by Crippen LogP contribution is 2.40. The summed E-state index contributed by atoms with van der Waals surface area (Å²) in [6.07, 6.45) is 0. The first kappa shape index (κ1) is 12.4. The summed E-state index contributed by atoms with van der Waals surface area (Å²) in [5.74, 6) is -0.373. The van der Waals surface area contributed by atoms with E-state index in [4.69, 9.17) is 39.5 Å². The van der Waals surface area contributed by atoms with E-state index in [-0.39, 0.29) is 26.4 Å². The fraction of sp³-hybridized carbons (Fsp3) is 0.222. The number of carbonyl (C=O) groups excluding carboxylic acids is 1. The molecule has 0 radical (unpaired) electrons. The lowest BCUT2D eigenvalue weighted by molar-refractivity contribution is 0.0601. The lowest BCUT2D eigenvalue weighted by Gasteiger charge is -2.10. The van der Waals surface area contributed by atoms with Crippen molar-refractivity contribution in [3.63, 3.8) is 0 Å². The molecule has 0 saturated heterocycles. The summed E-state index contributed by atoms with van der Waals surface area (Å²) >= 11 is 17.5. The Morgan fingerprint density at radius 1 is 1.20 bits per heavy atom. The van der Waals surface area contributed by atoms with Crippen molar-refractivity contribution in [1.29, 1.82) is 0 Å². The molecule has 1 rings (SSSR count). The van der Waals surface area contributed by atoms with Crippen LogP contribution in [0.3, 0.4) is 0 Å². The number of ether oxygens (including phenoxy) is 2. The summed E-state index contributed by atoms with van der Waals surface area (Å²) in [4.78, 5) is 11.3. The van der Waals surface area contributed by atoms with Gasteiger partial charge in [0.2, 0.25) is 0 Å². The normalized spacial score (nSPS) is 9.93. The second-order valence-corrected chi connectivity index (χ2v) is 3.72. The highest BCUT2D eigenvalue weighted by atomic mass is 35.5. The van der Waals surface area contributed by atoms with Crippen molar-refractivity contribution in [1.82, 2.24) is 0 Å². The maximum atomic E-state index is 11.3. The number of benzene rings is 1. The predicted molar refractivity (Wildman–Crippen MR) is 59.4 cm³/mol. The van der Waals surface area contributed by atoms with Gasteiger partial charge >= 0.3 is 5.97 Å². The van der Waals surface area contributed by atoms with E-state index in [9.17, 15) is 4.79 Å². The number of hydrogen-bond donors (Lipinski definition) is 0. The van der Waals surface area contributed by atoms with E-state index < -0.39 is 5.97 Å². The van der Waals surface area contributed by atoms with Gasteiger partial charge in [0.25, 0.3) is 0 Å². The van der Waals surface area contributed by atoms with Crippen LogP contribution < -0.4 is 4.74 Å². The minimum absolute atomic E-state index is 0.0600. The van der Waals surface area contributed by atoms with Crippen LogP contribution in [0.5, 0.6) is 5.75 Å². The Kier molecular flexibility index (Phi) is 4.08. The molecular formula is C9H7Cl3O3. The SMILES string of the molecule is COC(=O)c1cc(Cl)c(OC)c(Cl)c1Cl. The van der Waals surface area contributed by atoms with E-state index in [1.54, 1.807) is 0 Å². The molecule has 0 N–H and O–H groups in total. The van der Waals surface area contributed by atoms with Crippen molar-refractivity contribution in [2.75, 3.05) is 14.2 Å². The summed E-state index contributed by atoms with van der Waals surface area (Å²) in [5.41, 5.74) is 0.106. The summed E-state index contributed by atoms with van der Waals surface area (Å²) in [6.45, 7) is 0. The number of carbonyl (C=O) groups is 1. The molecule has 0 amide bonds. The molecule has 1 aromatic rings. The van der Waals surface area contributed by atoms with Gasteiger partial charge in [0, 0.05) is 0 Å². The molecule has 0 aromatic heterocycles. The molecule has 0 atom stereocenters. The highest BCUT2D eigenvalue weighted by Gasteiger charge is 2.19. The maximum absolute atomic E-state index is 11.3. The van der Waals surface area contributed by atoms with Crippen molar-refractivity contribution in [2.45, 2.75) is 0 Å². The fourth-order valence-corrected chi connectivity index (χ4v) is 1.85. The first-order valence-electron chi connectivity index (χ1n) is 3.82. The highest BCUT2D eigenvalue weighted by molar-refractivity contribution is 6.46. The number of methoxy groups -OCH3 is 2. The van der Waals surface area contributed by atoms with Gasteiger partial charge in [-0.15, -0.1) is 0 Å². The minimum atomic E-state index is -0.605. The first-order valence-corrected chi connectivity index (χ1v) is 4.96. The second-order valence-electron chi connectivity index (χ2n) is 2.56. The number of hydrogen-bond acceptors (Lipinski definition) is 3. The maximum Gasteiger partial charge on any atom is 0.339 e. The Hall–Kier alpha value is -0.640.